The number of nitrogens with zero attached hydrogens (tertiary/aromatic N) is 2. The molecule has 1 amide bonds. The van der Waals surface area contributed by atoms with Crippen LogP contribution in [0.4, 0.5) is 11.4 Å². The van der Waals surface area contributed by atoms with Crippen LogP contribution in [0.25, 0.3) is 0 Å². The van der Waals surface area contributed by atoms with Crippen molar-refractivity contribution >= 4 is 17.3 Å². The molecule has 25 heavy (non-hydrogen) atoms. The van der Waals surface area contributed by atoms with Crippen molar-refractivity contribution in [1.29, 1.82) is 0 Å². The minimum absolute atomic E-state index is 0.0613. The number of amides is 1. The second kappa shape index (κ2) is 6.89. The first-order valence-electron chi connectivity index (χ1n) is 8.83. The fraction of sp³-hybridized carbons (Fsp3) is 0.381. The van der Waals surface area contributed by atoms with Gasteiger partial charge in [0.2, 0.25) is 0 Å². The molecule has 2 N–H and O–H groups in total. The van der Waals surface area contributed by atoms with Crippen LogP contribution in [0.2, 0.25) is 0 Å². The van der Waals surface area contributed by atoms with Crippen molar-refractivity contribution < 1.29 is 4.79 Å². The summed E-state index contributed by atoms with van der Waals surface area (Å²) in [5, 5.41) is 0. The first-order valence-corrected chi connectivity index (χ1v) is 8.83. The molecule has 0 radical (unpaired) electrons. The minimum Gasteiger partial charge on any atom is -0.344 e. The average molecular weight is 337 g/mol. The Hall–Kier alpha value is -2.33. The predicted molar refractivity (Wildman–Crippen MR) is 103 cm³/mol. The maximum atomic E-state index is 13.2. The molecule has 1 saturated heterocycles. The van der Waals surface area contributed by atoms with Crippen LogP contribution in [0, 0.1) is 5.41 Å². The number of anilines is 2. The van der Waals surface area contributed by atoms with E-state index in [-0.39, 0.29) is 17.4 Å². The van der Waals surface area contributed by atoms with E-state index in [1.54, 1.807) is 0 Å². The third-order valence-corrected chi connectivity index (χ3v) is 5.24. The summed E-state index contributed by atoms with van der Waals surface area (Å²) < 4.78 is 0. The van der Waals surface area contributed by atoms with Crippen LogP contribution >= 0.6 is 0 Å². The van der Waals surface area contributed by atoms with Gasteiger partial charge in [-0.15, -0.1) is 0 Å². The van der Waals surface area contributed by atoms with Crippen molar-refractivity contribution in [3.63, 3.8) is 0 Å². The molecular weight excluding hydrogens is 310 g/mol. The monoisotopic (exact) mass is 337 g/mol. The summed E-state index contributed by atoms with van der Waals surface area (Å²) in [4.78, 5) is 17.2. The van der Waals surface area contributed by atoms with Gasteiger partial charge >= 0.3 is 0 Å². The van der Waals surface area contributed by atoms with E-state index in [0.717, 1.165) is 23.4 Å². The molecule has 132 valence electrons. The van der Waals surface area contributed by atoms with Gasteiger partial charge in [-0.2, -0.15) is 0 Å². The Kier molecular flexibility index (Phi) is 4.82. The van der Waals surface area contributed by atoms with E-state index in [4.69, 9.17) is 5.73 Å². The molecule has 4 heteroatoms. The van der Waals surface area contributed by atoms with E-state index in [0.29, 0.717) is 13.1 Å². The van der Waals surface area contributed by atoms with Crippen molar-refractivity contribution in [3.05, 3.63) is 60.2 Å². The summed E-state index contributed by atoms with van der Waals surface area (Å²) in [6, 6.07) is 18.0. The zero-order valence-corrected chi connectivity index (χ0v) is 15.3. The number of likely N-dealkylation sites (tertiary alicyclic amines) is 1. The van der Waals surface area contributed by atoms with Crippen LogP contribution in [0.3, 0.4) is 0 Å². The van der Waals surface area contributed by atoms with Crippen LogP contribution < -0.4 is 10.6 Å². The number of nitrogens with two attached hydrogens (primary N) is 1. The Balaban J connectivity index is 1.89. The summed E-state index contributed by atoms with van der Waals surface area (Å²) in [5.74, 6) is 0.0818. The fourth-order valence-corrected chi connectivity index (χ4v) is 3.46. The van der Waals surface area contributed by atoms with Crippen LogP contribution in [0.5, 0.6) is 0 Å². The lowest BCUT2D eigenvalue weighted by molar-refractivity contribution is 0.0533. The number of para-hydroxylation sites is 2. The summed E-state index contributed by atoms with van der Waals surface area (Å²) in [7, 11) is 2.00. The van der Waals surface area contributed by atoms with Gasteiger partial charge in [-0.25, -0.2) is 0 Å². The van der Waals surface area contributed by atoms with Gasteiger partial charge in [0.25, 0.3) is 5.91 Å². The maximum Gasteiger partial charge on any atom is 0.255 e. The van der Waals surface area contributed by atoms with Gasteiger partial charge in [0.05, 0.1) is 11.3 Å². The highest BCUT2D eigenvalue weighted by Gasteiger charge is 2.36. The van der Waals surface area contributed by atoms with Crippen LogP contribution in [0.1, 0.15) is 30.6 Å². The van der Waals surface area contributed by atoms with Gasteiger partial charge < -0.3 is 15.5 Å². The Labute approximate surface area is 150 Å². The second-order valence-corrected chi connectivity index (χ2v) is 7.52. The Bertz CT molecular complexity index is 742. The second-order valence-electron chi connectivity index (χ2n) is 7.52. The molecule has 0 saturated carbocycles. The highest BCUT2D eigenvalue weighted by atomic mass is 16.2. The van der Waals surface area contributed by atoms with E-state index < -0.39 is 0 Å². The largest absolute Gasteiger partial charge is 0.344 e. The molecule has 0 aliphatic carbocycles. The Morgan fingerprint density at radius 3 is 2.44 bits per heavy atom. The molecule has 2 aromatic rings. The average Bonchev–Trinajstić information content (AvgIpc) is 2.63. The van der Waals surface area contributed by atoms with E-state index in [2.05, 4.69) is 18.7 Å². The highest BCUT2D eigenvalue weighted by Crippen LogP contribution is 2.32. The van der Waals surface area contributed by atoms with Crippen molar-refractivity contribution in [2.75, 3.05) is 25.0 Å². The van der Waals surface area contributed by atoms with E-state index in [9.17, 15) is 4.79 Å². The van der Waals surface area contributed by atoms with Gasteiger partial charge in [0.15, 0.2) is 0 Å². The van der Waals surface area contributed by atoms with E-state index >= 15 is 0 Å². The zero-order valence-electron chi connectivity index (χ0n) is 15.3. The number of carbonyl (C=O) groups is 1. The summed E-state index contributed by atoms with van der Waals surface area (Å²) >= 11 is 0. The number of hydrogen-bond acceptors (Lipinski definition) is 3. The Morgan fingerprint density at radius 1 is 1.12 bits per heavy atom. The third-order valence-electron chi connectivity index (χ3n) is 5.24. The third kappa shape index (κ3) is 3.54. The molecule has 4 nitrogen and oxygen atoms in total. The Morgan fingerprint density at radius 2 is 1.76 bits per heavy atom. The van der Waals surface area contributed by atoms with Crippen molar-refractivity contribution in [3.8, 4) is 0 Å². The first kappa shape index (κ1) is 17.5. The lowest BCUT2D eigenvalue weighted by atomic mass is 9.79. The number of benzene rings is 2. The number of rotatable bonds is 3. The standard InChI is InChI=1S/C21H27N3O/c1-21(2)15-24(14-13-19(21)22)20(25)17-11-7-8-12-18(17)23(3)16-9-5-4-6-10-16/h4-12,19H,13-15,22H2,1-3H3. The number of hydrogen-bond donors (Lipinski definition) is 1. The lowest BCUT2D eigenvalue weighted by Gasteiger charge is -2.42. The van der Waals surface area contributed by atoms with Crippen molar-refractivity contribution in [2.45, 2.75) is 26.3 Å². The molecule has 0 aromatic heterocycles. The molecule has 0 spiro atoms. The summed E-state index contributed by atoms with van der Waals surface area (Å²) in [5.41, 5.74) is 8.88. The number of carbonyl (C=O) groups excluding carboxylic acids is 1. The van der Waals surface area contributed by atoms with Gasteiger partial charge in [0.1, 0.15) is 0 Å². The molecule has 3 rings (SSSR count). The number of piperidine rings is 1. The van der Waals surface area contributed by atoms with Gasteiger partial charge in [-0.05, 0) is 36.1 Å². The molecule has 0 bridgehead atoms. The van der Waals surface area contributed by atoms with Crippen molar-refractivity contribution in [1.82, 2.24) is 4.90 Å². The maximum absolute atomic E-state index is 13.2. The zero-order chi connectivity index (χ0) is 18.0. The topological polar surface area (TPSA) is 49.6 Å². The smallest absolute Gasteiger partial charge is 0.255 e. The van der Waals surface area contributed by atoms with Crippen LogP contribution in [0.15, 0.2) is 54.6 Å². The molecule has 1 unspecified atom stereocenters. The molecule has 2 aromatic carbocycles. The van der Waals surface area contributed by atoms with Gasteiger partial charge in [-0.3, -0.25) is 4.79 Å². The summed E-state index contributed by atoms with van der Waals surface area (Å²) in [6.45, 7) is 5.68. The molecular formula is C21H27N3O. The molecule has 1 fully saturated rings. The molecule has 1 aliphatic heterocycles. The van der Waals surface area contributed by atoms with Crippen molar-refractivity contribution in [2.24, 2.45) is 11.1 Å². The van der Waals surface area contributed by atoms with E-state index in [1.807, 2.05) is 66.5 Å². The quantitative estimate of drug-likeness (QED) is 0.930. The van der Waals surface area contributed by atoms with Crippen LogP contribution in [-0.2, 0) is 0 Å². The normalized spacial score (nSPS) is 19.5. The SMILES string of the molecule is CN(c1ccccc1)c1ccccc1C(=O)N1CCC(N)C(C)(C)C1. The molecule has 1 aliphatic rings. The van der Waals surface area contributed by atoms with Gasteiger partial charge in [0, 0.05) is 31.9 Å². The first-order chi connectivity index (χ1) is 11.9. The highest BCUT2D eigenvalue weighted by molar-refractivity contribution is 6.00. The fourth-order valence-electron chi connectivity index (χ4n) is 3.46. The van der Waals surface area contributed by atoms with Crippen LogP contribution in [-0.4, -0.2) is 37.0 Å². The predicted octanol–water partition coefficient (Wildman–Crippen LogP) is 3.65. The lowest BCUT2D eigenvalue weighted by Crippen LogP contribution is -2.54. The van der Waals surface area contributed by atoms with E-state index in [1.165, 1.54) is 0 Å². The molecule has 1 atom stereocenters. The minimum atomic E-state index is -0.0613. The van der Waals surface area contributed by atoms with Gasteiger partial charge in [-0.1, -0.05) is 44.2 Å². The summed E-state index contributed by atoms with van der Waals surface area (Å²) in [6.07, 6.45) is 0.843. The molecule has 1 heterocycles.